The Labute approximate surface area is 150 Å². The number of anilines is 2. The number of nitrogens with one attached hydrogen (secondary N) is 1. The van der Waals surface area contributed by atoms with Gasteiger partial charge in [0.1, 0.15) is 6.04 Å². The number of benzene rings is 2. The predicted molar refractivity (Wildman–Crippen MR) is 101 cm³/mol. The van der Waals surface area contributed by atoms with Crippen molar-refractivity contribution in [1.82, 2.24) is 0 Å². The highest BCUT2D eigenvalue weighted by Gasteiger charge is 2.29. The molecule has 0 saturated heterocycles. The van der Waals surface area contributed by atoms with Gasteiger partial charge in [0.05, 0.1) is 11.9 Å². The lowest BCUT2D eigenvalue weighted by Gasteiger charge is -2.28. The molecule has 0 fully saturated rings. The van der Waals surface area contributed by atoms with E-state index in [0.717, 1.165) is 20.6 Å². The van der Waals surface area contributed by atoms with Crippen molar-refractivity contribution < 1.29 is 13.2 Å². The zero-order valence-electron chi connectivity index (χ0n) is 13.7. The summed E-state index contributed by atoms with van der Waals surface area (Å²) in [7, 11) is -3.61. The van der Waals surface area contributed by atoms with Crippen LogP contribution in [-0.2, 0) is 14.8 Å². The number of amides is 1. The van der Waals surface area contributed by atoms with Crippen LogP contribution in [0.15, 0.2) is 53.0 Å². The molecule has 0 aliphatic rings. The first-order valence-electron chi connectivity index (χ1n) is 7.31. The highest BCUT2D eigenvalue weighted by molar-refractivity contribution is 9.10. The van der Waals surface area contributed by atoms with E-state index in [1.54, 1.807) is 37.3 Å². The summed E-state index contributed by atoms with van der Waals surface area (Å²) in [5.41, 5.74) is 2.07. The minimum Gasteiger partial charge on any atom is -0.324 e. The fourth-order valence-corrected chi connectivity index (χ4v) is 3.89. The minimum absolute atomic E-state index is 0.404. The smallest absolute Gasteiger partial charge is 0.247 e. The maximum atomic E-state index is 12.5. The van der Waals surface area contributed by atoms with Gasteiger partial charge in [-0.05, 0) is 44.2 Å². The quantitative estimate of drug-likeness (QED) is 0.819. The molecule has 2 rings (SSSR count). The van der Waals surface area contributed by atoms with Crippen LogP contribution < -0.4 is 9.62 Å². The lowest BCUT2D eigenvalue weighted by atomic mass is 10.2. The standard InChI is InChI=1S/C17H19BrN2O3S/c1-12-7-9-16(10-8-12)20(24(3,22)23)13(2)17(21)19-15-6-4-5-14(18)11-15/h4-11,13H,1-3H3,(H,19,21). The molecule has 1 N–H and O–H groups in total. The van der Waals surface area contributed by atoms with Crippen LogP contribution in [0.3, 0.4) is 0 Å². The summed E-state index contributed by atoms with van der Waals surface area (Å²) in [4.78, 5) is 12.5. The molecule has 0 heterocycles. The number of hydrogen-bond donors (Lipinski definition) is 1. The minimum atomic E-state index is -3.61. The Hall–Kier alpha value is -1.86. The molecular weight excluding hydrogens is 392 g/mol. The average Bonchev–Trinajstić information content (AvgIpc) is 2.48. The van der Waals surface area contributed by atoms with E-state index in [-0.39, 0.29) is 0 Å². The maximum absolute atomic E-state index is 12.5. The number of rotatable bonds is 5. The molecule has 1 amide bonds. The highest BCUT2D eigenvalue weighted by Crippen LogP contribution is 2.22. The van der Waals surface area contributed by atoms with Gasteiger partial charge < -0.3 is 5.32 Å². The molecule has 1 unspecified atom stereocenters. The van der Waals surface area contributed by atoms with Crippen molar-refractivity contribution in [2.45, 2.75) is 19.9 Å². The van der Waals surface area contributed by atoms with E-state index in [2.05, 4.69) is 21.2 Å². The molecule has 0 bridgehead atoms. The summed E-state index contributed by atoms with van der Waals surface area (Å²) < 4.78 is 26.4. The lowest BCUT2D eigenvalue weighted by Crippen LogP contribution is -2.45. The van der Waals surface area contributed by atoms with Gasteiger partial charge in [-0.15, -0.1) is 0 Å². The fraction of sp³-hybridized carbons (Fsp3) is 0.235. The van der Waals surface area contributed by atoms with Crippen LogP contribution in [0.25, 0.3) is 0 Å². The summed E-state index contributed by atoms with van der Waals surface area (Å²) in [6.45, 7) is 3.48. The van der Waals surface area contributed by atoms with E-state index in [0.29, 0.717) is 11.4 Å². The lowest BCUT2D eigenvalue weighted by molar-refractivity contribution is -0.116. The van der Waals surface area contributed by atoms with Crippen LogP contribution >= 0.6 is 15.9 Å². The summed E-state index contributed by atoms with van der Waals surface area (Å²) in [5, 5.41) is 2.74. The van der Waals surface area contributed by atoms with Crippen molar-refractivity contribution >= 4 is 43.2 Å². The average molecular weight is 411 g/mol. The van der Waals surface area contributed by atoms with Crippen molar-refractivity contribution in [2.75, 3.05) is 15.9 Å². The molecule has 1 atom stereocenters. The van der Waals surface area contributed by atoms with E-state index in [4.69, 9.17) is 0 Å². The van der Waals surface area contributed by atoms with Gasteiger partial charge in [-0.2, -0.15) is 0 Å². The van der Waals surface area contributed by atoms with Gasteiger partial charge in [0.15, 0.2) is 0 Å². The fourth-order valence-electron chi connectivity index (χ4n) is 2.31. The summed E-state index contributed by atoms with van der Waals surface area (Å²) >= 11 is 3.34. The SMILES string of the molecule is Cc1ccc(N(C(C)C(=O)Nc2cccc(Br)c2)S(C)(=O)=O)cc1. The number of hydrogen-bond acceptors (Lipinski definition) is 3. The topological polar surface area (TPSA) is 66.5 Å². The Morgan fingerprint density at radius 1 is 1.17 bits per heavy atom. The van der Waals surface area contributed by atoms with Gasteiger partial charge in [0.2, 0.25) is 15.9 Å². The summed E-state index contributed by atoms with van der Waals surface area (Å²) in [6, 6.07) is 13.2. The van der Waals surface area contributed by atoms with Crippen LogP contribution in [0.5, 0.6) is 0 Å². The van der Waals surface area contributed by atoms with E-state index >= 15 is 0 Å². The number of sulfonamides is 1. The molecule has 5 nitrogen and oxygen atoms in total. The van der Waals surface area contributed by atoms with Crippen LogP contribution in [0.2, 0.25) is 0 Å². The molecule has 0 aliphatic carbocycles. The molecule has 0 aromatic heterocycles. The van der Waals surface area contributed by atoms with Crippen molar-refractivity contribution in [3.8, 4) is 0 Å². The Balaban J connectivity index is 2.29. The van der Waals surface area contributed by atoms with Gasteiger partial charge in [-0.3, -0.25) is 9.10 Å². The molecule has 24 heavy (non-hydrogen) atoms. The molecular formula is C17H19BrN2O3S. The van der Waals surface area contributed by atoms with Crippen LogP contribution in [0, 0.1) is 6.92 Å². The van der Waals surface area contributed by atoms with E-state index in [1.807, 2.05) is 25.1 Å². The van der Waals surface area contributed by atoms with Crippen LogP contribution in [0.1, 0.15) is 12.5 Å². The molecule has 0 aliphatic heterocycles. The molecule has 2 aromatic rings. The molecule has 128 valence electrons. The largest absolute Gasteiger partial charge is 0.324 e. The number of carbonyl (C=O) groups excluding carboxylic acids is 1. The third-order valence-electron chi connectivity index (χ3n) is 3.47. The first-order valence-corrected chi connectivity index (χ1v) is 9.95. The number of halogens is 1. The maximum Gasteiger partial charge on any atom is 0.247 e. The van der Waals surface area contributed by atoms with E-state index < -0.39 is 22.0 Å². The van der Waals surface area contributed by atoms with Gasteiger partial charge >= 0.3 is 0 Å². The Morgan fingerprint density at radius 3 is 2.33 bits per heavy atom. The number of carbonyl (C=O) groups is 1. The zero-order valence-corrected chi connectivity index (χ0v) is 16.1. The van der Waals surface area contributed by atoms with Crippen molar-refractivity contribution in [1.29, 1.82) is 0 Å². The normalized spacial score (nSPS) is 12.5. The van der Waals surface area contributed by atoms with E-state index in [9.17, 15) is 13.2 Å². The van der Waals surface area contributed by atoms with Crippen molar-refractivity contribution in [3.63, 3.8) is 0 Å². The van der Waals surface area contributed by atoms with Gasteiger partial charge in [0, 0.05) is 10.2 Å². The first kappa shape index (κ1) is 18.5. The second kappa shape index (κ2) is 7.36. The zero-order chi connectivity index (χ0) is 17.9. The summed E-state index contributed by atoms with van der Waals surface area (Å²) in [6.07, 6.45) is 1.09. The van der Waals surface area contributed by atoms with Crippen molar-refractivity contribution in [2.24, 2.45) is 0 Å². The second-order valence-electron chi connectivity index (χ2n) is 5.57. The Kier molecular flexibility index (Phi) is 5.66. The molecule has 2 aromatic carbocycles. The third-order valence-corrected chi connectivity index (χ3v) is 5.20. The van der Waals surface area contributed by atoms with Crippen molar-refractivity contribution in [3.05, 3.63) is 58.6 Å². The molecule has 0 radical (unpaired) electrons. The predicted octanol–water partition coefficient (Wildman–Crippen LogP) is 3.55. The number of aryl methyl sites for hydroxylation is 1. The molecule has 0 spiro atoms. The molecule has 0 saturated carbocycles. The summed E-state index contributed by atoms with van der Waals surface area (Å²) in [5.74, 6) is -0.404. The van der Waals surface area contributed by atoms with Crippen LogP contribution in [-0.4, -0.2) is 26.6 Å². The first-order chi connectivity index (χ1) is 11.2. The third kappa shape index (κ3) is 4.58. The Bertz CT molecular complexity index is 835. The van der Waals surface area contributed by atoms with E-state index in [1.165, 1.54) is 0 Å². The van der Waals surface area contributed by atoms with Crippen LogP contribution in [0.4, 0.5) is 11.4 Å². The van der Waals surface area contributed by atoms with Gasteiger partial charge in [-0.1, -0.05) is 39.7 Å². The highest BCUT2D eigenvalue weighted by atomic mass is 79.9. The monoisotopic (exact) mass is 410 g/mol. The van der Waals surface area contributed by atoms with Gasteiger partial charge in [-0.25, -0.2) is 8.42 Å². The number of nitrogens with zero attached hydrogens (tertiary/aromatic N) is 1. The van der Waals surface area contributed by atoms with Gasteiger partial charge in [0.25, 0.3) is 0 Å². The Morgan fingerprint density at radius 2 is 1.79 bits per heavy atom. The molecule has 7 heteroatoms. The second-order valence-corrected chi connectivity index (χ2v) is 8.35.